The lowest BCUT2D eigenvalue weighted by Crippen LogP contribution is -2.43. The molecule has 2 N–H and O–H groups in total. The zero-order valence-electron chi connectivity index (χ0n) is 12.8. The third kappa shape index (κ3) is 4.20. The van der Waals surface area contributed by atoms with Crippen molar-refractivity contribution < 1.29 is 0 Å². The average molecular weight is 290 g/mol. The van der Waals surface area contributed by atoms with Gasteiger partial charge >= 0.3 is 0 Å². The van der Waals surface area contributed by atoms with Gasteiger partial charge in [0.1, 0.15) is 0 Å². The maximum atomic E-state index is 5.45. The van der Waals surface area contributed by atoms with Crippen molar-refractivity contribution in [2.45, 2.75) is 65.0 Å². The molecule has 1 aliphatic rings. The van der Waals surface area contributed by atoms with Crippen LogP contribution in [0.15, 0.2) is 18.2 Å². The van der Waals surface area contributed by atoms with Crippen molar-refractivity contribution in [3.05, 3.63) is 34.9 Å². The molecule has 0 unspecified atom stereocenters. The second kappa shape index (κ2) is 7.07. The van der Waals surface area contributed by atoms with E-state index >= 15 is 0 Å². The van der Waals surface area contributed by atoms with Crippen LogP contribution in [0.5, 0.6) is 0 Å². The van der Waals surface area contributed by atoms with Gasteiger partial charge < -0.3 is 10.6 Å². The summed E-state index contributed by atoms with van der Waals surface area (Å²) in [4.78, 5) is 0. The van der Waals surface area contributed by atoms with Crippen molar-refractivity contribution in [2.24, 2.45) is 0 Å². The molecule has 1 saturated carbocycles. The topological polar surface area (TPSA) is 24.1 Å². The van der Waals surface area contributed by atoms with Crippen molar-refractivity contribution >= 4 is 17.3 Å². The molecule has 0 bridgehead atoms. The summed E-state index contributed by atoms with van der Waals surface area (Å²) in [5.41, 5.74) is 3.96. The maximum absolute atomic E-state index is 5.45. The van der Waals surface area contributed by atoms with Crippen molar-refractivity contribution in [1.82, 2.24) is 10.6 Å². The highest BCUT2D eigenvalue weighted by atomic mass is 32.1. The summed E-state index contributed by atoms with van der Waals surface area (Å²) in [5, 5.41) is 7.67. The van der Waals surface area contributed by atoms with Gasteiger partial charge in [0.25, 0.3) is 0 Å². The number of thiocarbonyl (C=S) groups is 1. The van der Waals surface area contributed by atoms with Crippen molar-refractivity contribution in [3.63, 3.8) is 0 Å². The molecule has 1 atom stereocenters. The molecule has 3 heteroatoms. The van der Waals surface area contributed by atoms with E-state index in [9.17, 15) is 0 Å². The zero-order chi connectivity index (χ0) is 14.5. The average Bonchev–Trinajstić information content (AvgIpc) is 2.42. The van der Waals surface area contributed by atoms with E-state index in [4.69, 9.17) is 12.2 Å². The number of rotatable bonds is 3. The quantitative estimate of drug-likeness (QED) is 0.817. The minimum Gasteiger partial charge on any atom is -0.360 e. The summed E-state index contributed by atoms with van der Waals surface area (Å²) in [6, 6.07) is 7.42. The van der Waals surface area contributed by atoms with Gasteiger partial charge in [0, 0.05) is 6.04 Å². The van der Waals surface area contributed by atoms with Gasteiger partial charge in [0.15, 0.2) is 5.11 Å². The Bertz CT molecular complexity index is 464. The van der Waals surface area contributed by atoms with Gasteiger partial charge in [-0.1, -0.05) is 37.5 Å². The summed E-state index contributed by atoms with van der Waals surface area (Å²) in [6.07, 6.45) is 6.52. The molecule has 0 amide bonds. The summed E-state index contributed by atoms with van der Waals surface area (Å²) >= 11 is 5.45. The molecule has 0 aliphatic heterocycles. The Kier molecular flexibility index (Phi) is 5.41. The Balaban J connectivity index is 1.87. The first-order valence-electron chi connectivity index (χ1n) is 7.70. The molecule has 0 saturated heterocycles. The molecule has 20 heavy (non-hydrogen) atoms. The monoisotopic (exact) mass is 290 g/mol. The fraction of sp³-hybridized carbons (Fsp3) is 0.588. The van der Waals surface area contributed by atoms with Gasteiger partial charge in [-0.3, -0.25) is 0 Å². The molecule has 1 aliphatic carbocycles. The Morgan fingerprint density at radius 1 is 1.15 bits per heavy atom. The molecular weight excluding hydrogens is 264 g/mol. The Labute approximate surface area is 128 Å². The van der Waals surface area contributed by atoms with Crippen LogP contribution in [-0.4, -0.2) is 11.2 Å². The summed E-state index contributed by atoms with van der Waals surface area (Å²) in [6.45, 7) is 6.47. The molecule has 0 spiro atoms. The van der Waals surface area contributed by atoms with E-state index in [1.807, 2.05) is 0 Å². The predicted octanol–water partition coefficient (Wildman–Crippen LogP) is 4.16. The third-order valence-corrected chi connectivity index (χ3v) is 4.55. The SMILES string of the molecule is Cc1ccc([C@@H](C)NC(=S)NC2CCCCC2)cc1C. The smallest absolute Gasteiger partial charge is 0.166 e. The Morgan fingerprint density at radius 3 is 2.50 bits per heavy atom. The van der Waals surface area contributed by atoms with Gasteiger partial charge in [-0.2, -0.15) is 0 Å². The third-order valence-electron chi connectivity index (χ3n) is 4.32. The van der Waals surface area contributed by atoms with Crippen molar-refractivity contribution in [3.8, 4) is 0 Å². The van der Waals surface area contributed by atoms with Gasteiger partial charge in [-0.15, -0.1) is 0 Å². The van der Waals surface area contributed by atoms with Crippen LogP contribution in [-0.2, 0) is 0 Å². The first-order chi connectivity index (χ1) is 9.56. The fourth-order valence-corrected chi connectivity index (χ4v) is 3.13. The van der Waals surface area contributed by atoms with Gasteiger partial charge in [-0.05, 0) is 62.5 Å². The van der Waals surface area contributed by atoms with Crippen LogP contribution in [0.25, 0.3) is 0 Å². The summed E-state index contributed by atoms with van der Waals surface area (Å²) in [7, 11) is 0. The minimum absolute atomic E-state index is 0.248. The van der Waals surface area contributed by atoms with Crippen molar-refractivity contribution in [1.29, 1.82) is 0 Å². The first kappa shape index (κ1) is 15.3. The highest BCUT2D eigenvalue weighted by molar-refractivity contribution is 7.80. The zero-order valence-corrected chi connectivity index (χ0v) is 13.6. The molecule has 0 radical (unpaired) electrons. The van der Waals surface area contributed by atoms with Gasteiger partial charge in [0.2, 0.25) is 0 Å². The van der Waals surface area contributed by atoms with Gasteiger partial charge in [-0.25, -0.2) is 0 Å². The lowest BCUT2D eigenvalue weighted by molar-refractivity contribution is 0.411. The summed E-state index contributed by atoms with van der Waals surface area (Å²) in [5.74, 6) is 0. The number of aryl methyl sites for hydroxylation is 2. The first-order valence-corrected chi connectivity index (χ1v) is 8.11. The molecule has 2 rings (SSSR count). The molecule has 1 fully saturated rings. The minimum atomic E-state index is 0.248. The van der Waals surface area contributed by atoms with Crippen LogP contribution in [0, 0.1) is 13.8 Å². The van der Waals surface area contributed by atoms with Crippen LogP contribution in [0.2, 0.25) is 0 Å². The standard InChI is InChI=1S/C17H26N2S/c1-12-9-10-15(11-13(12)2)14(3)18-17(20)19-16-7-5-4-6-8-16/h9-11,14,16H,4-8H2,1-3H3,(H2,18,19,20)/t14-/m1/s1. The summed E-state index contributed by atoms with van der Waals surface area (Å²) < 4.78 is 0. The number of nitrogens with one attached hydrogen (secondary N) is 2. The molecular formula is C17H26N2S. The van der Waals surface area contributed by atoms with Crippen LogP contribution < -0.4 is 10.6 Å². The predicted molar refractivity (Wildman–Crippen MR) is 90.1 cm³/mol. The maximum Gasteiger partial charge on any atom is 0.166 e. The highest BCUT2D eigenvalue weighted by Gasteiger charge is 2.15. The van der Waals surface area contributed by atoms with E-state index in [2.05, 4.69) is 49.6 Å². The van der Waals surface area contributed by atoms with E-state index in [-0.39, 0.29) is 6.04 Å². The molecule has 1 aromatic rings. The number of hydrogen-bond donors (Lipinski definition) is 2. The second-order valence-electron chi connectivity index (χ2n) is 6.02. The van der Waals surface area contributed by atoms with Crippen LogP contribution >= 0.6 is 12.2 Å². The van der Waals surface area contributed by atoms with Gasteiger partial charge in [0.05, 0.1) is 6.04 Å². The lowest BCUT2D eigenvalue weighted by Gasteiger charge is -2.26. The second-order valence-corrected chi connectivity index (χ2v) is 6.43. The van der Waals surface area contributed by atoms with E-state index in [0.717, 1.165) is 5.11 Å². The lowest BCUT2D eigenvalue weighted by atomic mass is 9.96. The number of benzene rings is 1. The molecule has 1 aromatic carbocycles. The molecule has 2 nitrogen and oxygen atoms in total. The van der Waals surface area contributed by atoms with Crippen molar-refractivity contribution in [2.75, 3.05) is 0 Å². The normalized spacial score (nSPS) is 17.6. The molecule has 0 aromatic heterocycles. The van der Waals surface area contributed by atoms with Crippen LogP contribution in [0.1, 0.15) is 61.8 Å². The molecule has 0 heterocycles. The number of hydrogen-bond acceptors (Lipinski definition) is 1. The van der Waals surface area contributed by atoms with E-state index in [1.165, 1.54) is 48.8 Å². The Morgan fingerprint density at radius 2 is 1.85 bits per heavy atom. The fourth-order valence-electron chi connectivity index (χ4n) is 2.79. The molecule has 110 valence electrons. The van der Waals surface area contributed by atoms with E-state index in [1.54, 1.807) is 0 Å². The Hall–Kier alpha value is -1.09. The van der Waals surface area contributed by atoms with Crippen LogP contribution in [0.3, 0.4) is 0 Å². The van der Waals surface area contributed by atoms with E-state index in [0.29, 0.717) is 6.04 Å². The van der Waals surface area contributed by atoms with Crippen LogP contribution in [0.4, 0.5) is 0 Å². The highest BCUT2D eigenvalue weighted by Crippen LogP contribution is 2.19. The van der Waals surface area contributed by atoms with E-state index < -0.39 is 0 Å². The largest absolute Gasteiger partial charge is 0.360 e.